The minimum Gasteiger partial charge on any atom is -0.425 e. The topological polar surface area (TPSA) is 31.0 Å². The molecule has 1 aliphatic rings. The summed E-state index contributed by atoms with van der Waals surface area (Å²) < 4.78 is 16.0. The van der Waals surface area contributed by atoms with Gasteiger partial charge in [0.05, 0.1) is 13.2 Å². The second kappa shape index (κ2) is 9.16. The van der Waals surface area contributed by atoms with Gasteiger partial charge in [-0.05, 0) is 19.3 Å². The van der Waals surface area contributed by atoms with E-state index < -0.39 is 0 Å². The number of hydrogen-bond donors (Lipinski definition) is 0. The van der Waals surface area contributed by atoms with Crippen LogP contribution in [0, 0.1) is 0 Å². The molecule has 1 fully saturated rings. The van der Waals surface area contributed by atoms with Gasteiger partial charge in [0.1, 0.15) is 16.6 Å². The van der Waals surface area contributed by atoms with E-state index in [-0.39, 0.29) is 0 Å². The Morgan fingerprint density at radius 3 is 2.69 bits per heavy atom. The van der Waals surface area contributed by atoms with Crippen molar-refractivity contribution in [3.63, 3.8) is 0 Å². The quantitative estimate of drug-likeness (QED) is 0.314. The molecule has 1 saturated heterocycles. The molecule has 0 aromatic rings. The van der Waals surface area contributed by atoms with Crippen LogP contribution >= 0.6 is 0 Å². The highest BCUT2D eigenvalue weighted by atomic mass is 28.2. The van der Waals surface area contributed by atoms with E-state index in [1.54, 1.807) is 0 Å². The lowest BCUT2D eigenvalue weighted by Crippen LogP contribution is -2.09. The fraction of sp³-hybridized carbons (Fsp3) is 1.00. The van der Waals surface area contributed by atoms with E-state index in [9.17, 15) is 0 Å². The summed E-state index contributed by atoms with van der Waals surface area (Å²) in [7, 11) is 0.875. The Hall–Kier alpha value is 0.0969. The molecule has 0 aliphatic carbocycles. The Labute approximate surface area is 102 Å². The van der Waals surface area contributed by atoms with E-state index in [0.717, 1.165) is 36.7 Å². The minimum absolute atomic E-state index is 0.413. The predicted molar refractivity (Wildman–Crippen MR) is 68.7 cm³/mol. The van der Waals surface area contributed by atoms with E-state index in [0.29, 0.717) is 12.2 Å². The average molecular weight is 246 g/mol. The zero-order chi connectivity index (χ0) is 11.6. The second-order valence-electron chi connectivity index (χ2n) is 4.50. The maximum atomic E-state index is 5.48. The SMILES string of the molecule is CCC(CCCCCCOCC1CO1)O[SiH3]. The molecule has 0 N–H and O–H groups in total. The first-order valence-electron chi connectivity index (χ1n) is 6.59. The molecule has 0 saturated carbocycles. The standard InChI is InChI=1S/C12H26O3Si/c1-2-11(15-16)7-5-3-4-6-8-13-9-12-10-14-12/h11-12H,2-10H2,1,16H3. The molecule has 3 nitrogen and oxygen atoms in total. The average Bonchev–Trinajstić information content (AvgIpc) is 3.11. The molecule has 16 heavy (non-hydrogen) atoms. The number of ether oxygens (including phenoxy) is 2. The Morgan fingerprint density at radius 1 is 1.31 bits per heavy atom. The number of epoxide rings is 1. The van der Waals surface area contributed by atoms with Crippen molar-refractivity contribution in [1.29, 1.82) is 0 Å². The zero-order valence-electron chi connectivity index (χ0n) is 10.7. The van der Waals surface area contributed by atoms with Crippen molar-refractivity contribution in [2.75, 3.05) is 19.8 Å². The van der Waals surface area contributed by atoms with Crippen LogP contribution in [-0.2, 0) is 13.9 Å². The number of rotatable bonds is 11. The molecule has 0 aromatic heterocycles. The molecule has 1 aliphatic heterocycles. The monoisotopic (exact) mass is 246 g/mol. The van der Waals surface area contributed by atoms with Crippen molar-refractivity contribution in [1.82, 2.24) is 0 Å². The van der Waals surface area contributed by atoms with Gasteiger partial charge in [0.15, 0.2) is 0 Å². The van der Waals surface area contributed by atoms with Crippen LogP contribution in [0.15, 0.2) is 0 Å². The van der Waals surface area contributed by atoms with E-state index in [4.69, 9.17) is 13.9 Å². The molecule has 0 spiro atoms. The Balaban J connectivity index is 1.73. The maximum absolute atomic E-state index is 5.48. The lowest BCUT2D eigenvalue weighted by molar-refractivity contribution is 0.112. The van der Waals surface area contributed by atoms with Crippen LogP contribution in [0.4, 0.5) is 0 Å². The molecule has 96 valence electrons. The first-order chi connectivity index (χ1) is 7.86. The molecule has 4 heteroatoms. The fourth-order valence-corrected chi connectivity index (χ4v) is 2.37. The van der Waals surface area contributed by atoms with Crippen LogP contribution in [0.5, 0.6) is 0 Å². The van der Waals surface area contributed by atoms with Gasteiger partial charge in [-0.2, -0.15) is 0 Å². The van der Waals surface area contributed by atoms with Crippen molar-refractivity contribution in [2.24, 2.45) is 0 Å². The van der Waals surface area contributed by atoms with Gasteiger partial charge < -0.3 is 13.9 Å². The molecule has 0 amide bonds. The van der Waals surface area contributed by atoms with Crippen LogP contribution < -0.4 is 0 Å². The summed E-state index contributed by atoms with van der Waals surface area (Å²) in [6.07, 6.45) is 8.40. The van der Waals surface area contributed by atoms with Crippen molar-refractivity contribution in [3.8, 4) is 0 Å². The maximum Gasteiger partial charge on any atom is 0.146 e. The van der Waals surface area contributed by atoms with Gasteiger partial charge >= 0.3 is 0 Å². The third-order valence-corrected chi connectivity index (χ3v) is 3.73. The third-order valence-electron chi connectivity index (χ3n) is 3.06. The Bertz CT molecular complexity index is 158. The van der Waals surface area contributed by atoms with Crippen LogP contribution in [0.3, 0.4) is 0 Å². The third kappa shape index (κ3) is 7.38. The van der Waals surface area contributed by atoms with Crippen molar-refractivity contribution in [3.05, 3.63) is 0 Å². The highest BCUT2D eigenvalue weighted by Gasteiger charge is 2.21. The summed E-state index contributed by atoms with van der Waals surface area (Å²) in [5.41, 5.74) is 0. The van der Waals surface area contributed by atoms with E-state index in [1.165, 1.54) is 32.1 Å². The molecule has 1 heterocycles. The van der Waals surface area contributed by atoms with E-state index in [1.807, 2.05) is 0 Å². The van der Waals surface area contributed by atoms with Crippen LogP contribution in [0.2, 0.25) is 0 Å². The fourth-order valence-electron chi connectivity index (χ4n) is 1.80. The van der Waals surface area contributed by atoms with Crippen molar-refractivity contribution in [2.45, 2.75) is 57.7 Å². The highest BCUT2D eigenvalue weighted by molar-refractivity contribution is 5.98. The van der Waals surface area contributed by atoms with Crippen LogP contribution in [-0.4, -0.2) is 42.5 Å². The van der Waals surface area contributed by atoms with Gasteiger partial charge in [0, 0.05) is 12.7 Å². The predicted octanol–water partition coefficient (Wildman–Crippen LogP) is 1.43. The van der Waals surface area contributed by atoms with Crippen LogP contribution in [0.1, 0.15) is 45.4 Å². The summed E-state index contributed by atoms with van der Waals surface area (Å²) in [6, 6.07) is 0. The van der Waals surface area contributed by atoms with Gasteiger partial charge in [0.25, 0.3) is 0 Å². The van der Waals surface area contributed by atoms with Crippen molar-refractivity contribution >= 4 is 10.5 Å². The summed E-state index contributed by atoms with van der Waals surface area (Å²) in [5, 5.41) is 0. The normalized spacial score (nSPS) is 21.2. The highest BCUT2D eigenvalue weighted by Crippen LogP contribution is 2.11. The van der Waals surface area contributed by atoms with Gasteiger partial charge in [-0.1, -0.05) is 26.2 Å². The van der Waals surface area contributed by atoms with Gasteiger partial charge in [0.2, 0.25) is 0 Å². The zero-order valence-corrected chi connectivity index (χ0v) is 12.7. The summed E-state index contributed by atoms with van der Waals surface area (Å²) in [6.45, 7) is 4.80. The molecule has 0 aromatic carbocycles. The molecule has 0 radical (unpaired) electrons. The van der Waals surface area contributed by atoms with Gasteiger partial charge in [-0.15, -0.1) is 0 Å². The number of hydrogen-bond acceptors (Lipinski definition) is 3. The molecule has 0 bridgehead atoms. The summed E-state index contributed by atoms with van der Waals surface area (Å²) in [4.78, 5) is 0. The molecule has 2 unspecified atom stereocenters. The first kappa shape index (κ1) is 14.2. The summed E-state index contributed by atoms with van der Waals surface area (Å²) >= 11 is 0. The molecule has 2 atom stereocenters. The minimum atomic E-state index is 0.413. The lowest BCUT2D eigenvalue weighted by Gasteiger charge is -2.12. The summed E-state index contributed by atoms with van der Waals surface area (Å²) in [5.74, 6) is 0. The molecular weight excluding hydrogens is 220 g/mol. The molecule has 1 rings (SSSR count). The lowest BCUT2D eigenvalue weighted by atomic mass is 10.1. The second-order valence-corrected chi connectivity index (χ2v) is 4.97. The smallest absolute Gasteiger partial charge is 0.146 e. The van der Waals surface area contributed by atoms with Gasteiger partial charge in [-0.25, -0.2) is 0 Å². The van der Waals surface area contributed by atoms with Gasteiger partial charge in [-0.3, -0.25) is 0 Å². The molecular formula is C12H26O3Si. The number of unbranched alkanes of at least 4 members (excludes halogenated alkanes) is 3. The largest absolute Gasteiger partial charge is 0.425 e. The van der Waals surface area contributed by atoms with E-state index >= 15 is 0 Å². The van der Waals surface area contributed by atoms with Crippen LogP contribution in [0.25, 0.3) is 0 Å². The van der Waals surface area contributed by atoms with Crippen molar-refractivity contribution < 1.29 is 13.9 Å². The first-order valence-corrected chi connectivity index (χ1v) is 7.40. The van der Waals surface area contributed by atoms with E-state index in [2.05, 4.69) is 6.92 Å². The Morgan fingerprint density at radius 2 is 2.06 bits per heavy atom. The Kier molecular flexibility index (Phi) is 8.11.